The van der Waals surface area contributed by atoms with Crippen LogP contribution in [0.4, 0.5) is 0 Å². The van der Waals surface area contributed by atoms with Gasteiger partial charge in [0.1, 0.15) is 5.03 Å². The maximum atomic E-state index is 12.5. The number of aromatic nitrogens is 1. The Morgan fingerprint density at radius 3 is 2.76 bits per heavy atom. The van der Waals surface area contributed by atoms with Crippen LogP contribution in [-0.2, 0) is 19.4 Å². The van der Waals surface area contributed by atoms with E-state index in [-0.39, 0.29) is 11.8 Å². The first kappa shape index (κ1) is 16.1. The molecule has 1 amide bonds. The molecule has 0 aliphatic carbocycles. The summed E-state index contributed by atoms with van der Waals surface area (Å²) in [6, 6.07) is 5.12. The molecule has 116 valence electrons. The van der Waals surface area contributed by atoms with E-state index in [1.165, 1.54) is 6.26 Å². The van der Waals surface area contributed by atoms with Crippen molar-refractivity contribution in [2.75, 3.05) is 26.5 Å². The van der Waals surface area contributed by atoms with Gasteiger partial charge < -0.3 is 4.84 Å². The molecule has 6 nitrogen and oxygen atoms in total. The molecule has 1 saturated heterocycles. The maximum Gasteiger partial charge on any atom is 0.254 e. The third-order valence-electron chi connectivity index (χ3n) is 3.60. The van der Waals surface area contributed by atoms with Gasteiger partial charge in [-0.15, -0.1) is 0 Å². The minimum atomic E-state index is -2.75. The third-order valence-corrected chi connectivity index (χ3v) is 5.17. The molecule has 0 aromatic carbocycles. The second-order valence-electron chi connectivity index (χ2n) is 5.21. The van der Waals surface area contributed by atoms with Crippen molar-refractivity contribution in [1.82, 2.24) is 10.0 Å². The van der Waals surface area contributed by atoms with Crippen molar-refractivity contribution in [1.29, 1.82) is 0 Å². The smallest absolute Gasteiger partial charge is 0.254 e. The largest absolute Gasteiger partial charge is 0.302 e. The van der Waals surface area contributed by atoms with Crippen LogP contribution < -0.4 is 0 Å². The van der Waals surface area contributed by atoms with Gasteiger partial charge in [0.15, 0.2) is 0 Å². The predicted molar refractivity (Wildman–Crippen MR) is 79.9 cm³/mol. The predicted octanol–water partition coefficient (Wildman–Crippen LogP) is 1.73. The van der Waals surface area contributed by atoms with Crippen molar-refractivity contribution in [3.05, 3.63) is 24.4 Å². The topological polar surface area (TPSA) is 71.9 Å². The van der Waals surface area contributed by atoms with E-state index in [4.69, 9.17) is 4.84 Å². The van der Waals surface area contributed by atoms with Gasteiger partial charge in [0.2, 0.25) is 0 Å². The molecule has 0 spiro atoms. The molecule has 1 aliphatic rings. The molecule has 0 saturated carbocycles. The second kappa shape index (κ2) is 7.11. The van der Waals surface area contributed by atoms with Crippen molar-refractivity contribution < 1.29 is 13.8 Å². The Morgan fingerprint density at radius 1 is 1.48 bits per heavy atom. The molecule has 1 fully saturated rings. The fourth-order valence-corrected chi connectivity index (χ4v) is 3.54. The fourth-order valence-electron chi connectivity index (χ4n) is 2.39. The summed E-state index contributed by atoms with van der Waals surface area (Å²) in [5.41, 5.74) is 0. The van der Waals surface area contributed by atoms with Crippen LogP contribution in [-0.4, -0.2) is 46.6 Å². The number of pyridine rings is 1. The van der Waals surface area contributed by atoms with E-state index in [1.54, 1.807) is 31.5 Å². The van der Waals surface area contributed by atoms with Gasteiger partial charge in [0.25, 0.3) is 5.91 Å². The number of hydrogen-bond acceptors (Lipinski definition) is 5. The molecule has 1 unspecified atom stereocenters. The zero-order valence-electron chi connectivity index (χ0n) is 12.4. The zero-order valence-corrected chi connectivity index (χ0v) is 13.2. The van der Waals surface area contributed by atoms with Crippen LogP contribution in [0.2, 0.25) is 0 Å². The van der Waals surface area contributed by atoms with E-state index in [9.17, 15) is 9.00 Å². The summed E-state index contributed by atoms with van der Waals surface area (Å²) in [6.07, 6.45) is 5.14. The van der Waals surface area contributed by atoms with Crippen molar-refractivity contribution >= 4 is 15.6 Å². The molecule has 7 heteroatoms. The lowest BCUT2D eigenvalue weighted by atomic mass is 9.94. The van der Waals surface area contributed by atoms with E-state index in [2.05, 4.69) is 9.35 Å². The van der Waals surface area contributed by atoms with Crippen molar-refractivity contribution in [3.63, 3.8) is 0 Å². The highest BCUT2D eigenvalue weighted by Crippen LogP contribution is 2.21. The Bertz CT molecular complexity index is 589. The molecular formula is C14H21N3O3S. The highest BCUT2D eigenvalue weighted by Gasteiger charge is 2.22. The van der Waals surface area contributed by atoms with Gasteiger partial charge in [-0.2, -0.15) is 9.43 Å². The standard InChI is InChI=1S/C14H21N3O3S/c1-20-17-9-6-12(7-10-17)11-13(18)16-21(2,19)14-5-3-4-8-15-14/h3-5,8,12H,6-7,9-11H2,1-2H3. The first-order valence-corrected chi connectivity index (χ1v) is 8.88. The van der Waals surface area contributed by atoms with Crippen LogP contribution in [0.25, 0.3) is 0 Å². The average Bonchev–Trinajstić information content (AvgIpc) is 2.48. The molecule has 21 heavy (non-hydrogen) atoms. The molecule has 2 rings (SSSR count). The number of carbonyl (C=O) groups is 1. The number of piperidine rings is 1. The molecule has 1 aromatic heterocycles. The summed E-state index contributed by atoms with van der Waals surface area (Å²) in [5, 5.41) is 2.24. The van der Waals surface area contributed by atoms with Gasteiger partial charge in [-0.3, -0.25) is 4.79 Å². The Balaban J connectivity index is 1.98. The zero-order chi connectivity index (χ0) is 15.3. The summed E-state index contributed by atoms with van der Waals surface area (Å²) < 4.78 is 16.4. The van der Waals surface area contributed by atoms with E-state index in [0.29, 0.717) is 11.4 Å². The number of rotatable bonds is 4. The van der Waals surface area contributed by atoms with Crippen LogP contribution >= 0.6 is 0 Å². The number of hydroxylamine groups is 2. The lowest BCUT2D eigenvalue weighted by Crippen LogP contribution is -2.33. The van der Waals surface area contributed by atoms with Crippen molar-refractivity contribution in [3.8, 4) is 0 Å². The van der Waals surface area contributed by atoms with E-state index < -0.39 is 9.73 Å². The van der Waals surface area contributed by atoms with Crippen molar-refractivity contribution in [2.24, 2.45) is 10.3 Å². The van der Waals surface area contributed by atoms with Crippen LogP contribution in [0, 0.1) is 5.92 Å². The molecule has 1 aromatic rings. The molecular weight excluding hydrogens is 290 g/mol. The lowest BCUT2D eigenvalue weighted by molar-refractivity contribution is -0.149. The number of amides is 1. The summed E-state index contributed by atoms with van der Waals surface area (Å²) >= 11 is 0. The lowest BCUT2D eigenvalue weighted by Gasteiger charge is -2.29. The number of carbonyl (C=O) groups excluding carboxylic acids is 1. The van der Waals surface area contributed by atoms with Gasteiger partial charge in [0, 0.05) is 32.0 Å². The van der Waals surface area contributed by atoms with Gasteiger partial charge in [0.05, 0.1) is 16.8 Å². The SMILES string of the molecule is CON1CCC(CC(=O)N=S(C)(=O)c2ccccn2)CC1. The van der Waals surface area contributed by atoms with Crippen LogP contribution in [0.5, 0.6) is 0 Å². The van der Waals surface area contributed by atoms with E-state index in [1.807, 2.05) is 5.06 Å². The summed E-state index contributed by atoms with van der Waals surface area (Å²) in [5.74, 6) is -0.0180. The highest BCUT2D eigenvalue weighted by atomic mass is 32.2. The van der Waals surface area contributed by atoms with Gasteiger partial charge in [-0.25, -0.2) is 9.19 Å². The summed E-state index contributed by atoms with van der Waals surface area (Å²) in [7, 11) is -1.09. The Labute approximate surface area is 125 Å². The monoisotopic (exact) mass is 311 g/mol. The first-order chi connectivity index (χ1) is 10.0. The molecule has 0 bridgehead atoms. The van der Waals surface area contributed by atoms with E-state index >= 15 is 0 Å². The quantitative estimate of drug-likeness (QED) is 0.847. The molecule has 0 N–H and O–H groups in total. The van der Waals surface area contributed by atoms with Gasteiger partial charge in [-0.1, -0.05) is 6.07 Å². The van der Waals surface area contributed by atoms with Crippen LogP contribution in [0.15, 0.2) is 33.8 Å². The minimum Gasteiger partial charge on any atom is -0.302 e. The normalized spacial score (nSPS) is 19.9. The Kier molecular flexibility index (Phi) is 5.44. The molecule has 1 atom stereocenters. The molecule has 0 radical (unpaired) electrons. The molecule has 2 heterocycles. The second-order valence-corrected chi connectivity index (χ2v) is 7.42. The number of nitrogens with zero attached hydrogens (tertiary/aromatic N) is 3. The number of hydrogen-bond donors (Lipinski definition) is 0. The highest BCUT2D eigenvalue weighted by molar-refractivity contribution is 7.93. The maximum absolute atomic E-state index is 12.5. The first-order valence-electron chi connectivity index (χ1n) is 6.96. The molecule has 1 aliphatic heterocycles. The third kappa shape index (κ3) is 4.59. The van der Waals surface area contributed by atoms with Crippen molar-refractivity contribution in [2.45, 2.75) is 24.3 Å². The van der Waals surface area contributed by atoms with Gasteiger partial charge >= 0.3 is 0 Å². The fraction of sp³-hybridized carbons (Fsp3) is 0.571. The van der Waals surface area contributed by atoms with Gasteiger partial charge in [-0.05, 0) is 30.9 Å². The minimum absolute atomic E-state index is 0.284. The van der Waals surface area contributed by atoms with Crippen LogP contribution in [0.1, 0.15) is 19.3 Å². The average molecular weight is 311 g/mol. The summed E-state index contributed by atoms with van der Waals surface area (Å²) in [6.45, 7) is 1.63. The Hall–Kier alpha value is -1.31. The van der Waals surface area contributed by atoms with Crippen LogP contribution in [0.3, 0.4) is 0 Å². The summed E-state index contributed by atoms with van der Waals surface area (Å²) in [4.78, 5) is 21.2. The Morgan fingerprint density at radius 2 is 2.19 bits per heavy atom. The van der Waals surface area contributed by atoms with E-state index in [0.717, 1.165) is 25.9 Å².